The number of amides is 1. The number of halogens is 1. The molecule has 0 spiro atoms. The standard InChI is InChI=1S/C17H16FN5OS/c1-10-20-21-22-23(10)14-9-12(6-7-13(14)18)19-17(24)16-8-11-4-2-3-5-15(11)25-16/h6-9H,2-5H2,1H3,(H,19,24). The zero-order valence-corrected chi connectivity index (χ0v) is 14.4. The molecule has 3 aromatic rings. The average molecular weight is 357 g/mol. The molecule has 0 bridgehead atoms. The van der Waals surface area contributed by atoms with E-state index in [0.717, 1.165) is 12.8 Å². The predicted molar refractivity (Wildman–Crippen MR) is 92.8 cm³/mol. The van der Waals surface area contributed by atoms with Crippen molar-refractivity contribution in [1.29, 1.82) is 0 Å². The lowest BCUT2D eigenvalue weighted by Gasteiger charge is -2.08. The molecule has 0 saturated heterocycles. The van der Waals surface area contributed by atoms with Crippen LogP contribution >= 0.6 is 11.3 Å². The molecular formula is C17H16FN5OS. The van der Waals surface area contributed by atoms with Crippen LogP contribution in [-0.4, -0.2) is 26.1 Å². The summed E-state index contributed by atoms with van der Waals surface area (Å²) in [5.41, 5.74) is 1.99. The molecule has 0 aliphatic heterocycles. The van der Waals surface area contributed by atoms with E-state index in [0.29, 0.717) is 16.4 Å². The summed E-state index contributed by atoms with van der Waals surface area (Å²) >= 11 is 1.55. The van der Waals surface area contributed by atoms with Crippen LogP contribution in [0, 0.1) is 12.7 Å². The van der Waals surface area contributed by atoms with Gasteiger partial charge in [0.15, 0.2) is 5.82 Å². The number of fused-ring (bicyclic) bond motifs is 1. The van der Waals surface area contributed by atoms with Gasteiger partial charge in [0.05, 0.1) is 4.88 Å². The Kier molecular flexibility index (Phi) is 4.04. The molecule has 0 atom stereocenters. The molecule has 2 aromatic heterocycles. The summed E-state index contributed by atoms with van der Waals surface area (Å²) in [6, 6.07) is 6.34. The summed E-state index contributed by atoms with van der Waals surface area (Å²) in [6.45, 7) is 1.68. The Morgan fingerprint density at radius 3 is 2.88 bits per heavy atom. The molecule has 1 aliphatic rings. The first-order chi connectivity index (χ1) is 12.1. The SMILES string of the molecule is Cc1nnnn1-c1cc(NC(=O)c2cc3c(s2)CCCC3)ccc1F. The van der Waals surface area contributed by atoms with E-state index >= 15 is 0 Å². The zero-order chi connectivity index (χ0) is 17.4. The van der Waals surface area contributed by atoms with Crippen molar-refractivity contribution >= 4 is 22.9 Å². The fourth-order valence-electron chi connectivity index (χ4n) is 3.00. The number of aromatic nitrogens is 4. The van der Waals surface area contributed by atoms with E-state index in [2.05, 4.69) is 20.8 Å². The van der Waals surface area contributed by atoms with Gasteiger partial charge in [0.25, 0.3) is 5.91 Å². The first-order valence-corrected chi connectivity index (χ1v) is 8.91. The molecular weight excluding hydrogens is 341 g/mol. The van der Waals surface area contributed by atoms with Gasteiger partial charge in [-0.15, -0.1) is 16.4 Å². The molecule has 1 aliphatic carbocycles. The van der Waals surface area contributed by atoms with Gasteiger partial charge in [-0.3, -0.25) is 4.79 Å². The van der Waals surface area contributed by atoms with Gasteiger partial charge < -0.3 is 5.32 Å². The molecule has 0 fully saturated rings. The van der Waals surface area contributed by atoms with E-state index < -0.39 is 5.82 Å². The Balaban J connectivity index is 1.59. The van der Waals surface area contributed by atoms with Gasteiger partial charge in [-0.2, -0.15) is 4.68 Å². The van der Waals surface area contributed by atoms with Gasteiger partial charge in [0.1, 0.15) is 11.5 Å². The number of hydrogen-bond donors (Lipinski definition) is 1. The van der Waals surface area contributed by atoms with Gasteiger partial charge >= 0.3 is 0 Å². The number of hydrogen-bond acceptors (Lipinski definition) is 5. The van der Waals surface area contributed by atoms with Gasteiger partial charge in [0.2, 0.25) is 0 Å². The molecule has 2 heterocycles. The highest BCUT2D eigenvalue weighted by atomic mass is 32.1. The topological polar surface area (TPSA) is 72.7 Å². The van der Waals surface area contributed by atoms with Crippen molar-refractivity contribution in [2.75, 3.05) is 5.32 Å². The number of nitrogens with one attached hydrogen (secondary N) is 1. The van der Waals surface area contributed by atoms with Crippen molar-refractivity contribution in [3.05, 3.63) is 51.2 Å². The van der Waals surface area contributed by atoms with Crippen molar-refractivity contribution in [3.63, 3.8) is 0 Å². The fourth-order valence-corrected chi connectivity index (χ4v) is 4.15. The van der Waals surface area contributed by atoms with Gasteiger partial charge in [-0.25, -0.2) is 4.39 Å². The monoisotopic (exact) mass is 357 g/mol. The van der Waals surface area contributed by atoms with Crippen LogP contribution in [0.3, 0.4) is 0 Å². The Bertz CT molecular complexity index is 925. The number of anilines is 1. The molecule has 0 unspecified atom stereocenters. The number of aryl methyl sites for hydroxylation is 3. The van der Waals surface area contributed by atoms with E-state index in [1.807, 2.05) is 6.07 Å². The quantitative estimate of drug-likeness (QED) is 0.781. The molecule has 1 amide bonds. The van der Waals surface area contributed by atoms with Crippen LogP contribution < -0.4 is 5.32 Å². The first kappa shape index (κ1) is 15.9. The van der Waals surface area contributed by atoms with E-state index in [9.17, 15) is 9.18 Å². The molecule has 0 radical (unpaired) electrons. The first-order valence-electron chi connectivity index (χ1n) is 8.09. The smallest absolute Gasteiger partial charge is 0.265 e. The van der Waals surface area contributed by atoms with Crippen molar-refractivity contribution in [3.8, 4) is 5.69 Å². The second-order valence-corrected chi connectivity index (χ2v) is 7.16. The summed E-state index contributed by atoms with van der Waals surface area (Å²) in [4.78, 5) is 14.5. The second kappa shape index (κ2) is 6.36. The van der Waals surface area contributed by atoms with E-state index in [-0.39, 0.29) is 11.6 Å². The number of thiophene rings is 1. The highest BCUT2D eigenvalue weighted by Crippen LogP contribution is 2.30. The third kappa shape index (κ3) is 3.05. The lowest BCUT2D eigenvalue weighted by atomic mass is 9.99. The third-order valence-electron chi connectivity index (χ3n) is 4.28. The predicted octanol–water partition coefficient (Wildman–Crippen LogP) is 3.30. The van der Waals surface area contributed by atoms with Gasteiger partial charge in [-0.1, -0.05) is 0 Å². The number of rotatable bonds is 3. The lowest BCUT2D eigenvalue weighted by Crippen LogP contribution is -2.11. The molecule has 128 valence electrons. The second-order valence-electron chi connectivity index (χ2n) is 6.02. The Morgan fingerprint density at radius 2 is 2.12 bits per heavy atom. The molecule has 1 aromatic carbocycles. The van der Waals surface area contributed by atoms with Crippen LogP contribution in [0.1, 0.15) is 38.8 Å². The summed E-state index contributed by atoms with van der Waals surface area (Å²) in [6.07, 6.45) is 4.45. The fraction of sp³-hybridized carbons (Fsp3) is 0.294. The van der Waals surface area contributed by atoms with Crippen LogP contribution in [0.5, 0.6) is 0 Å². The molecule has 1 N–H and O–H groups in total. The normalized spacial score (nSPS) is 13.5. The summed E-state index contributed by atoms with van der Waals surface area (Å²) < 4.78 is 15.4. The average Bonchev–Trinajstić information content (AvgIpc) is 3.22. The van der Waals surface area contributed by atoms with Crippen molar-refractivity contribution in [2.45, 2.75) is 32.6 Å². The molecule has 8 heteroatoms. The molecule has 4 rings (SSSR count). The number of benzene rings is 1. The Labute approximate surface area is 147 Å². The lowest BCUT2D eigenvalue weighted by molar-refractivity contribution is 0.103. The minimum Gasteiger partial charge on any atom is -0.321 e. The number of carbonyl (C=O) groups is 1. The van der Waals surface area contributed by atoms with Gasteiger partial charge in [-0.05, 0) is 72.9 Å². The van der Waals surface area contributed by atoms with Crippen LogP contribution in [0.4, 0.5) is 10.1 Å². The van der Waals surface area contributed by atoms with Gasteiger partial charge in [0, 0.05) is 10.6 Å². The molecule has 6 nitrogen and oxygen atoms in total. The van der Waals surface area contributed by atoms with E-state index in [1.165, 1.54) is 46.2 Å². The van der Waals surface area contributed by atoms with Crippen LogP contribution in [0.25, 0.3) is 5.69 Å². The minimum atomic E-state index is -0.458. The maximum absolute atomic E-state index is 14.1. The number of carbonyl (C=O) groups excluding carboxylic acids is 1. The maximum Gasteiger partial charge on any atom is 0.265 e. The summed E-state index contributed by atoms with van der Waals surface area (Å²) in [7, 11) is 0. The van der Waals surface area contributed by atoms with Crippen LogP contribution in [-0.2, 0) is 12.8 Å². The van der Waals surface area contributed by atoms with E-state index in [1.54, 1.807) is 18.3 Å². The van der Waals surface area contributed by atoms with Crippen LogP contribution in [0.2, 0.25) is 0 Å². The number of tetrazole rings is 1. The van der Waals surface area contributed by atoms with E-state index in [4.69, 9.17) is 0 Å². The largest absolute Gasteiger partial charge is 0.321 e. The Hall–Kier alpha value is -2.61. The number of nitrogens with zero attached hydrogens (tertiary/aromatic N) is 4. The zero-order valence-electron chi connectivity index (χ0n) is 13.6. The minimum absolute atomic E-state index is 0.176. The van der Waals surface area contributed by atoms with Crippen molar-refractivity contribution in [2.24, 2.45) is 0 Å². The highest BCUT2D eigenvalue weighted by molar-refractivity contribution is 7.14. The summed E-state index contributed by atoms with van der Waals surface area (Å²) in [5.74, 6) is -0.168. The maximum atomic E-state index is 14.1. The molecule has 25 heavy (non-hydrogen) atoms. The summed E-state index contributed by atoms with van der Waals surface area (Å²) in [5, 5.41) is 13.9. The Morgan fingerprint density at radius 1 is 1.28 bits per heavy atom. The third-order valence-corrected chi connectivity index (χ3v) is 5.51. The van der Waals surface area contributed by atoms with Crippen molar-refractivity contribution in [1.82, 2.24) is 20.2 Å². The van der Waals surface area contributed by atoms with Crippen molar-refractivity contribution < 1.29 is 9.18 Å². The van der Waals surface area contributed by atoms with Crippen LogP contribution in [0.15, 0.2) is 24.3 Å². The highest BCUT2D eigenvalue weighted by Gasteiger charge is 2.18. The molecule has 0 saturated carbocycles.